The summed E-state index contributed by atoms with van der Waals surface area (Å²) in [5.41, 5.74) is 0. The van der Waals surface area contributed by atoms with E-state index in [0.29, 0.717) is 59.4 Å². The van der Waals surface area contributed by atoms with Crippen molar-refractivity contribution in [2.75, 3.05) is 79.7 Å². The van der Waals surface area contributed by atoms with Gasteiger partial charge in [0.05, 0.1) is 66.4 Å². The lowest BCUT2D eigenvalue weighted by molar-refractivity contribution is -0.144. The van der Waals surface area contributed by atoms with E-state index < -0.39 is 18.5 Å². The number of amides is 1. The second kappa shape index (κ2) is 19.0. The lowest BCUT2D eigenvalue weighted by atomic mass is 10.5. The first-order valence-corrected chi connectivity index (χ1v) is 8.50. The molecule has 11 heteroatoms. The van der Waals surface area contributed by atoms with Crippen LogP contribution in [0.15, 0.2) is 0 Å². The SMILES string of the molecule is COC(=O)CCOCCOCCOCCOCCNC(=O)COCC(=O)O. The lowest BCUT2D eigenvalue weighted by Gasteiger charge is -2.08. The Morgan fingerprint density at radius 2 is 1.26 bits per heavy atom. The van der Waals surface area contributed by atoms with Gasteiger partial charge in [0.15, 0.2) is 0 Å². The Balaban J connectivity index is 3.15. The van der Waals surface area contributed by atoms with Crippen LogP contribution >= 0.6 is 0 Å². The molecule has 158 valence electrons. The van der Waals surface area contributed by atoms with Gasteiger partial charge in [-0.25, -0.2) is 4.79 Å². The standard InChI is InChI=1S/C16H29NO10/c1-22-16(21)2-4-23-6-8-25-10-11-26-9-7-24-5-3-17-14(18)12-27-13-15(19)20/h2-13H2,1H3,(H,17,18)(H,19,20). The summed E-state index contributed by atoms with van der Waals surface area (Å²) >= 11 is 0. The van der Waals surface area contributed by atoms with Crippen molar-refractivity contribution in [3.63, 3.8) is 0 Å². The molecule has 0 saturated carbocycles. The number of carbonyl (C=O) groups excluding carboxylic acids is 2. The first kappa shape index (κ1) is 25.2. The zero-order chi connectivity index (χ0) is 20.2. The molecule has 0 rings (SSSR count). The molecule has 1 amide bonds. The van der Waals surface area contributed by atoms with Crippen molar-refractivity contribution < 1.29 is 47.9 Å². The predicted molar refractivity (Wildman–Crippen MR) is 91.4 cm³/mol. The van der Waals surface area contributed by atoms with E-state index in [9.17, 15) is 14.4 Å². The average Bonchev–Trinajstić information content (AvgIpc) is 2.64. The highest BCUT2D eigenvalue weighted by atomic mass is 16.6. The van der Waals surface area contributed by atoms with Crippen molar-refractivity contribution in [2.45, 2.75) is 6.42 Å². The van der Waals surface area contributed by atoms with Crippen molar-refractivity contribution in [1.82, 2.24) is 5.32 Å². The number of hydrogen-bond donors (Lipinski definition) is 2. The molecule has 0 fully saturated rings. The van der Waals surface area contributed by atoms with Gasteiger partial charge in [0.25, 0.3) is 0 Å². The summed E-state index contributed by atoms with van der Waals surface area (Å²) in [5, 5.41) is 10.9. The quantitative estimate of drug-likeness (QED) is 0.203. The number of hydrogen-bond acceptors (Lipinski definition) is 9. The molecule has 0 bridgehead atoms. The molecule has 0 aromatic carbocycles. The normalized spacial score (nSPS) is 10.6. The summed E-state index contributed by atoms with van der Waals surface area (Å²) in [6.45, 7) is 2.54. The average molecular weight is 395 g/mol. The number of carboxylic acids is 1. The lowest BCUT2D eigenvalue weighted by Crippen LogP contribution is -2.31. The van der Waals surface area contributed by atoms with Crippen LogP contribution in [0.2, 0.25) is 0 Å². The monoisotopic (exact) mass is 395 g/mol. The summed E-state index contributed by atoms with van der Waals surface area (Å²) in [6, 6.07) is 0. The molecule has 0 aliphatic heterocycles. The number of aliphatic carboxylic acids is 1. The van der Waals surface area contributed by atoms with E-state index in [-0.39, 0.29) is 19.0 Å². The highest BCUT2D eigenvalue weighted by Crippen LogP contribution is 1.87. The number of methoxy groups -OCH3 is 1. The fraction of sp³-hybridized carbons (Fsp3) is 0.812. The van der Waals surface area contributed by atoms with Crippen LogP contribution in [-0.2, 0) is 42.8 Å². The van der Waals surface area contributed by atoms with E-state index in [1.54, 1.807) is 0 Å². The van der Waals surface area contributed by atoms with Crippen molar-refractivity contribution in [2.24, 2.45) is 0 Å². The van der Waals surface area contributed by atoms with Gasteiger partial charge in [0.2, 0.25) is 5.91 Å². The fourth-order valence-corrected chi connectivity index (χ4v) is 1.56. The first-order chi connectivity index (χ1) is 13.1. The van der Waals surface area contributed by atoms with Gasteiger partial charge >= 0.3 is 11.9 Å². The molecule has 0 atom stereocenters. The van der Waals surface area contributed by atoms with Crippen LogP contribution in [0, 0.1) is 0 Å². The summed E-state index contributed by atoms with van der Waals surface area (Å²) < 4.78 is 30.1. The van der Waals surface area contributed by atoms with Gasteiger partial charge < -0.3 is 38.8 Å². The molecular weight excluding hydrogens is 366 g/mol. The van der Waals surface area contributed by atoms with E-state index in [1.807, 2.05) is 0 Å². The summed E-state index contributed by atoms with van der Waals surface area (Å²) in [7, 11) is 1.33. The van der Waals surface area contributed by atoms with Crippen molar-refractivity contribution in [3.8, 4) is 0 Å². The van der Waals surface area contributed by atoms with Crippen LogP contribution in [0.3, 0.4) is 0 Å². The highest BCUT2D eigenvalue weighted by Gasteiger charge is 2.03. The Kier molecular flexibility index (Phi) is 17.7. The zero-order valence-electron chi connectivity index (χ0n) is 15.6. The second-order valence-corrected chi connectivity index (χ2v) is 5.01. The molecular formula is C16H29NO10. The van der Waals surface area contributed by atoms with Crippen LogP contribution < -0.4 is 5.32 Å². The highest BCUT2D eigenvalue weighted by molar-refractivity contribution is 5.77. The largest absolute Gasteiger partial charge is 0.480 e. The minimum absolute atomic E-state index is 0.224. The molecule has 0 saturated heterocycles. The number of esters is 1. The number of nitrogens with one attached hydrogen (secondary N) is 1. The van der Waals surface area contributed by atoms with Crippen LogP contribution in [0.1, 0.15) is 6.42 Å². The molecule has 0 spiro atoms. The number of ether oxygens (including phenoxy) is 6. The van der Waals surface area contributed by atoms with Crippen LogP contribution in [-0.4, -0.2) is 103 Å². The molecule has 0 aromatic rings. The van der Waals surface area contributed by atoms with Crippen molar-refractivity contribution in [1.29, 1.82) is 0 Å². The minimum Gasteiger partial charge on any atom is -0.480 e. The minimum atomic E-state index is -1.12. The molecule has 27 heavy (non-hydrogen) atoms. The molecule has 2 N–H and O–H groups in total. The van der Waals surface area contributed by atoms with Crippen LogP contribution in [0.4, 0.5) is 0 Å². The maximum atomic E-state index is 11.2. The van der Waals surface area contributed by atoms with Gasteiger partial charge in [-0.15, -0.1) is 0 Å². The Hall–Kier alpha value is -1.79. The summed E-state index contributed by atoms with van der Waals surface area (Å²) in [5.74, 6) is -1.83. The fourth-order valence-electron chi connectivity index (χ4n) is 1.56. The van der Waals surface area contributed by atoms with Gasteiger partial charge in [-0.2, -0.15) is 0 Å². The van der Waals surface area contributed by atoms with Crippen molar-refractivity contribution in [3.05, 3.63) is 0 Å². The Morgan fingerprint density at radius 3 is 1.78 bits per heavy atom. The van der Waals surface area contributed by atoms with Gasteiger partial charge in [0, 0.05) is 6.54 Å². The molecule has 0 unspecified atom stereocenters. The first-order valence-electron chi connectivity index (χ1n) is 8.50. The van der Waals surface area contributed by atoms with Crippen LogP contribution in [0.25, 0.3) is 0 Å². The van der Waals surface area contributed by atoms with E-state index in [2.05, 4.69) is 14.8 Å². The smallest absolute Gasteiger partial charge is 0.329 e. The maximum absolute atomic E-state index is 11.2. The number of rotatable bonds is 19. The number of carboxylic acid groups (broad SMARTS) is 1. The van der Waals surface area contributed by atoms with E-state index in [0.717, 1.165) is 0 Å². The molecule has 0 aliphatic carbocycles. The van der Waals surface area contributed by atoms with Gasteiger partial charge in [-0.05, 0) is 0 Å². The third kappa shape index (κ3) is 20.4. The number of carbonyl (C=O) groups is 3. The third-order valence-corrected chi connectivity index (χ3v) is 2.82. The summed E-state index contributed by atoms with van der Waals surface area (Å²) in [4.78, 5) is 32.2. The Labute approximate surface area is 158 Å². The van der Waals surface area contributed by atoms with Crippen molar-refractivity contribution >= 4 is 17.8 Å². The zero-order valence-corrected chi connectivity index (χ0v) is 15.6. The Bertz CT molecular complexity index is 405. The van der Waals surface area contributed by atoms with E-state index in [4.69, 9.17) is 24.1 Å². The molecule has 0 heterocycles. The third-order valence-electron chi connectivity index (χ3n) is 2.82. The van der Waals surface area contributed by atoms with Gasteiger partial charge in [-0.3, -0.25) is 9.59 Å². The molecule has 0 radical (unpaired) electrons. The maximum Gasteiger partial charge on any atom is 0.329 e. The second-order valence-electron chi connectivity index (χ2n) is 5.01. The van der Waals surface area contributed by atoms with Gasteiger partial charge in [0.1, 0.15) is 13.2 Å². The van der Waals surface area contributed by atoms with E-state index in [1.165, 1.54) is 7.11 Å². The topological polar surface area (TPSA) is 139 Å². The summed E-state index contributed by atoms with van der Waals surface area (Å²) in [6.07, 6.45) is 0.224. The van der Waals surface area contributed by atoms with Gasteiger partial charge in [-0.1, -0.05) is 0 Å². The van der Waals surface area contributed by atoms with Crippen LogP contribution in [0.5, 0.6) is 0 Å². The molecule has 0 aliphatic rings. The Morgan fingerprint density at radius 1 is 0.741 bits per heavy atom. The van der Waals surface area contributed by atoms with E-state index >= 15 is 0 Å². The predicted octanol–water partition coefficient (Wildman–Crippen LogP) is -1.17. The molecule has 11 nitrogen and oxygen atoms in total. The molecule has 0 aromatic heterocycles.